The molecule has 0 amide bonds. The summed E-state index contributed by atoms with van der Waals surface area (Å²) in [7, 11) is 0. The summed E-state index contributed by atoms with van der Waals surface area (Å²) in [5, 5.41) is 10.5. The Hall–Kier alpha value is -0.530. The molecule has 0 aromatic rings. The van der Waals surface area contributed by atoms with Crippen molar-refractivity contribution in [3.8, 4) is 0 Å². The highest BCUT2D eigenvalue weighted by atomic mass is 16.4. The Labute approximate surface area is 279 Å². The SMILES string of the molecule is CCCCCCCCCCCCCCCCCCCCC(CCCCCCCC)(CCCCCCCCCCCC)C(=O)O. The van der Waals surface area contributed by atoms with Gasteiger partial charge < -0.3 is 5.11 Å². The number of carboxylic acid groups (broad SMARTS) is 1. The standard InChI is InChI=1S/C42H84O2/c1-4-7-10-13-16-18-20-21-22-23-24-25-26-27-29-31-34-37-40-42(41(43)44,38-35-32-15-12-9-6-3)39-36-33-30-28-19-17-14-11-8-5-2/h4-40H2,1-3H3,(H,43,44). The molecule has 0 radical (unpaired) electrons. The predicted molar refractivity (Wildman–Crippen MR) is 198 cm³/mol. The lowest BCUT2D eigenvalue weighted by molar-refractivity contribution is -0.150. The molecule has 1 atom stereocenters. The topological polar surface area (TPSA) is 37.3 Å². The van der Waals surface area contributed by atoms with Crippen molar-refractivity contribution in [3.63, 3.8) is 0 Å². The maximum absolute atomic E-state index is 12.7. The van der Waals surface area contributed by atoms with Crippen LogP contribution in [-0.2, 0) is 4.79 Å². The first-order chi connectivity index (χ1) is 21.6. The molecular weight excluding hydrogens is 536 g/mol. The molecule has 0 saturated carbocycles. The van der Waals surface area contributed by atoms with Crippen LogP contribution in [0, 0.1) is 5.41 Å². The van der Waals surface area contributed by atoms with E-state index in [9.17, 15) is 9.90 Å². The molecular formula is C42H84O2. The average molecular weight is 621 g/mol. The van der Waals surface area contributed by atoms with Crippen molar-refractivity contribution in [3.05, 3.63) is 0 Å². The molecule has 2 heteroatoms. The second-order valence-corrected chi connectivity index (χ2v) is 14.8. The fourth-order valence-electron chi connectivity index (χ4n) is 7.26. The highest BCUT2D eigenvalue weighted by Crippen LogP contribution is 2.38. The average Bonchev–Trinajstić information content (AvgIpc) is 3.02. The van der Waals surface area contributed by atoms with Gasteiger partial charge in [-0.1, -0.05) is 239 Å². The maximum Gasteiger partial charge on any atom is 0.309 e. The second kappa shape index (κ2) is 35.3. The third kappa shape index (κ3) is 28.9. The second-order valence-electron chi connectivity index (χ2n) is 14.8. The molecule has 0 saturated heterocycles. The van der Waals surface area contributed by atoms with Crippen molar-refractivity contribution in [2.24, 2.45) is 5.41 Å². The number of aliphatic carboxylic acids is 1. The van der Waals surface area contributed by atoms with Gasteiger partial charge in [0.05, 0.1) is 5.41 Å². The van der Waals surface area contributed by atoms with E-state index in [0.29, 0.717) is 0 Å². The summed E-state index contributed by atoms with van der Waals surface area (Å²) in [6.45, 7) is 6.85. The summed E-state index contributed by atoms with van der Waals surface area (Å²) < 4.78 is 0. The third-order valence-corrected chi connectivity index (χ3v) is 10.5. The molecule has 0 aliphatic carbocycles. The van der Waals surface area contributed by atoms with E-state index in [-0.39, 0.29) is 0 Å². The van der Waals surface area contributed by atoms with Crippen LogP contribution in [0.5, 0.6) is 0 Å². The van der Waals surface area contributed by atoms with Gasteiger partial charge in [-0.25, -0.2) is 0 Å². The normalized spacial score (nSPS) is 13.0. The van der Waals surface area contributed by atoms with Crippen LogP contribution in [0.25, 0.3) is 0 Å². The van der Waals surface area contributed by atoms with Gasteiger partial charge in [-0.2, -0.15) is 0 Å². The molecule has 0 heterocycles. The van der Waals surface area contributed by atoms with Gasteiger partial charge in [0.2, 0.25) is 0 Å². The number of carbonyl (C=O) groups is 1. The Morgan fingerprint density at radius 2 is 0.477 bits per heavy atom. The highest BCUT2D eigenvalue weighted by Gasteiger charge is 2.36. The first-order valence-electron chi connectivity index (χ1n) is 20.9. The zero-order valence-electron chi connectivity index (χ0n) is 31.0. The minimum Gasteiger partial charge on any atom is -0.481 e. The molecule has 0 bridgehead atoms. The summed E-state index contributed by atoms with van der Waals surface area (Å²) in [5.74, 6) is -0.492. The number of unbranched alkanes of at least 4 members (excludes halogenated alkanes) is 31. The number of carboxylic acids is 1. The fraction of sp³-hybridized carbons (Fsp3) is 0.976. The van der Waals surface area contributed by atoms with Gasteiger partial charge in [0.15, 0.2) is 0 Å². The zero-order chi connectivity index (χ0) is 32.2. The summed E-state index contributed by atoms with van der Waals surface area (Å²) >= 11 is 0. The van der Waals surface area contributed by atoms with Crippen molar-refractivity contribution < 1.29 is 9.90 Å². The van der Waals surface area contributed by atoms with Crippen molar-refractivity contribution in [2.45, 2.75) is 258 Å². The van der Waals surface area contributed by atoms with E-state index in [0.717, 1.165) is 38.5 Å². The van der Waals surface area contributed by atoms with Crippen LogP contribution in [0.3, 0.4) is 0 Å². The molecule has 0 spiro atoms. The van der Waals surface area contributed by atoms with E-state index >= 15 is 0 Å². The van der Waals surface area contributed by atoms with Crippen LogP contribution in [0.1, 0.15) is 258 Å². The summed E-state index contributed by atoms with van der Waals surface area (Å²) in [6.07, 6.45) is 48.4. The number of hydrogen-bond donors (Lipinski definition) is 1. The molecule has 264 valence electrons. The first kappa shape index (κ1) is 43.5. The molecule has 0 aromatic heterocycles. The molecule has 0 aromatic carbocycles. The van der Waals surface area contributed by atoms with Crippen molar-refractivity contribution in [1.29, 1.82) is 0 Å². The first-order valence-corrected chi connectivity index (χ1v) is 20.9. The van der Waals surface area contributed by atoms with Gasteiger partial charge in [-0.05, 0) is 19.3 Å². The lowest BCUT2D eigenvalue weighted by Crippen LogP contribution is -2.31. The van der Waals surface area contributed by atoms with E-state index in [1.54, 1.807) is 0 Å². The largest absolute Gasteiger partial charge is 0.481 e. The van der Waals surface area contributed by atoms with E-state index in [1.165, 1.54) is 199 Å². The number of hydrogen-bond acceptors (Lipinski definition) is 1. The van der Waals surface area contributed by atoms with E-state index in [2.05, 4.69) is 20.8 Å². The van der Waals surface area contributed by atoms with Crippen LogP contribution in [0.15, 0.2) is 0 Å². The van der Waals surface area contributed by atoms with Crippen molar-refractivity contribution >= 4 is 5.97 Å². The Balaban J connectivity index is 4.11. The van der Waals surface area contributed by atoms with E-state index in [1.807, 2.05) is 0 Å². The van der Waals surface area contributed by atoms with Crippen LogP contribution >= 0.6 is 0 Å². The quantitative estimate of drug-likeness (QED) is 0.0697. The minimum atomic E-state index is -0.492. The molecule has 0 aliphatic rings. The smallest absolute Gasteiger partial charge is 0.309 e. The Morgan fingerprint density at radius 1 is 0.318 bits per heavy atom. The predicted octanol–water partition coefficient (Wildman–Crippen LogP) is 15.6. The van der Waals surface area contributed by atoms with E-state index in [4.69, 9.17) is 0 Å². The van der Waals surface area contributed by atoms with Gasteiger partial charge in [0, 0.05) is 0 Å². The lowest BCUT2D eigenvalue weighted by Gasteiger charge is -2.30. The molecule has 0 aliphatic heterocycles. The van der Waals surface area contributed by atoms with Crippen LogP contribution in [0.4, 0.5) is 0 Å². The van der Waals surface area contributed by atoms with Crippen molar-refractivity contribution in [1.82, 2.24) is 0 Å². The molecule has 1 N–H and O–H groups in total. The van der Waals surface area contributed by atoms with Gasteiger partial charge in [-0.15, -0.1) is 0 Å². The summed E-state index contributed by atoms with van der Waals surface area (Å²) in [6, 6.07) is 0. The molecule has 2 nitrogen and oxygen atoms in total. The third-order valence-electron chi connectivity index (χ3n) is 10.5. The highest BCUT2D eigenvalue weighted by molar-refractivity contribution is 5.74. The molecule has 0 rings (SSSR count). The monoisotopic (exact) mass is 621 g/mol. The molecule has 1 unspecified atom stereocenters. The van der Waals surface area contributed by atoms with Gasteiger partial charge in [0.25, 0.3) is 0 Å². The fourth-order valence-corrected chi connectivity index (χ4v) is 7.26. The summed E-state index contributed by atoms with van der Waals surface area (Å²) in [4.78, 5) is 12.7. The minimum absolute atomic E-state index is 0.458. The maximum atomic E-state index is 12.7. The van der Waals surface area contributed by atoms with Crippen LogP contribution in [-0.4, -0.2) is 11.1 Å². The Morgan fingerprint density at radius 3 is 0.636 bits per heavy atom. The van der Waals surface area contributed by atoms with Gasteiger partial charge >= 0.3 is 5.97 Å². The molecule has 44 heavy (non-hydrogen) atoms. The van der Waals surface area contributed by atoms with Gasteiger partial charge in [0.1, 0.15) is 0 Å². The summed E-state index contributed by atoms with van der Waals surface area (Å²) in [5.41, 5.74) is -0.458. The zero-order valence-corrected chi connectivity index (χ0v) is 31.0. The number of rotatable bonds is 38. The van der Waals surface area contributed by atoms with Crippen LogP contribution in [0.2, 0.25) is 0 Å². The van der Waals surface area contributed by atoms with Gasteiger partial charge in [-0.3, -0.25) is 4.79 Å². The lowest BCUT2D eigenvalue weighted by atomic mass is 9.74. The molecule has 0 fully saturated rings. The van der Waals surface area contributed by atoms with Crippen LogP contribution < -0.4 is 0 Å². The van der Waals surface area contributed by atoms with E-state index < -0.39 is 11.4 Å². The Kier molecular flexibility index (Phi) is 34.9. The Bertz CT molecular complexity index is 558. The van der Waals surface area contributed by atoms with Crippen molar-refractivity contribution in [2.75, 3.05) is 0 Å².